The smallest absolute Gasteiger partial charge is 0.279 e. The van der Waals surface area contributed by atoms with Crippen LogP contribution in [0.5, 0.6) is 10.9 Å². The molecule has 9 heteroatoms. The van der Waals surface area contributed by atoms with Gasteiger partial charge >= 0.3 is 0 Å². The molecule has 3 heterocycles. The molecule has 2 aliphatic heterocycles. The van der Waals surface area contributed by atoms with E-state index in [1.807, 2.05) is 34.6 Å². The first-order valence-corrected chi connectivity index (χ1v) is 14.9. The number of ether oxygens (including phenoxy) is 1. The highest BCUT2D eigenvalue weighted by atomic mass is 35.5. The van der Waals surface area contributed by atoms with E-state index in [0.717, 1.165) is 48.2 Å². The average molecular weight is 518 g/mol. The van der Waals surface area contributed by atoms with E-state index in [4.69, 9.17) is 16.3 Å². The third-order valence-electron chi connectivity index (χ3n) is 7.75. The van der Waals surface area contributed by atoms with Gasteiger partial charge in [0.05, 0.1) is 16.0 Å². The maximum absolute atomic E-state index is 12.4. The zero-order valence-electron chi connectivity index (χ0n) is 19.0. The molecule has 2 aromatic carbocycles. The lowest BCUT2D eigenvalue weighted by atomic mass is 9.87. The van der Waals surface area contributed by atoms with Crippen LogP contribution < -0.4 is 10.1 Å². The second-order valence-electron chi connectivity index (χ2n) is 9.83. The predicted molar refractivity (Wildman–Crippen MR) is 136 cm³/mol. The van der Waals surface area contributed by atoms with Crippen LogP contribution in [0, 0.1) is 11.8 Å². The lowest BCUT2D eigenvalue weighted by Crippen LogP contribution is -2.56. The van der Waals surface area contributed by atoms with Crippen molar-refractivity contribution in [2.75, 3.05) is 12.8 Å². The number of halogens is 1. The Bertz CT molecular complexity index is 1310. The number of sulfonamides is 1. The van der Waals surface area contributed by atoms with Gasteiger partial charge < -0.3 is 10.1 Å². The molecule has 6 nitrogen and oxygen atoms in total. The fraction of sp³-hybridized carbons (Fsp3) is 0.480. The molecule has 1 aromatic heterocycles. The largest absolute Gasteiger partial charge is 0.431 e. The van der Waals surface area contributed by atoms with Gasteiger partial charge in [-0.05, 0) is 80.3 Å². The lowest BCUT2D eigenvalue weighted by Gasteiger charge is -2.42. The zero-order valence-corrected chi connectivity index (χ0v) is 21.4. The van der Waals surface area contributed by atoms with E-state index in [1.54, 1.807) is 0 Å². The molecule has 1 aliphatic carbocycles. The SMILES string of the molecule is CS(=O)(=O)N1[C@@H]2CC3CCC([C@H]31)[C@H](NCCc1ccc(Oc3nc4c(Cl)cccc4s3)cc1)C2. The van der Waals surface area contributed by atoms with E-state index in [2.05, 4.69) is 22.4 Å². The number of nitrogens with one attached hydrogen (secondary N) is 1. The van der Waals surface area contributed by atoms with Crippen LogP contribution in [0.15, 0.2) is 42.5 Å². The van der Waals surface area contributed by atoms with Gasteiger partial charge in [0.15, 0.2) is 0 Å². The maximum atomic E-state index is 12.4. The van der Waals surface area contributed by atoms with Crippen LogP contribution in [-0.4, -0.2) is 48.6 Å². The number of piperidine rings is 1. The number of fused-ring (bicyclic) bond motifs is 2. The van der Waals surface area contributed by atoms with Gasteiger partial charge in [-0.15, -0.1) is 0 Å². The van der Waals surface area contributed by atoms with Crippen LogP contribution in [-0.2, 0) is 16.4 Å². The van der Waals surface area contributed by atoms with Crippen LogP contribution in [0.3, 0.4) is 0 Å². The Labute approximate surface area is 209 Å². The zero-order chi connectivity index (χ0) is 23.4. The Morgan fingerprint density at radius 1 is 1.18 bits per heavy atom. The molecule has 2 unspecified atom stereocenters. The summed E-state index contributed by atoms with van der Waals surface area (Å²) in [6, 6.07) is 14.7. The number of hydrogen-bond donors (Lipinski definition) is 1. The van der Waals surface area contributed by atoms with Crippen molar-refractivity contribution >= 4 is 43.2 Å². The summed E-state index contributed by atoms with van der Waals surface area (Å²) in [7, 11) is -3.13. The van der Waals surface area contributed by atoms with Crippen LogP contribution in [0.1, 0.15) is 31.2 Å². The van der Waals surface area contributed by atoms with Crippen LogP contribution in [0.4, 0.5) is 0 Å². The monoisotopic (exact) mass is 517 g/mol. The first kappa shape index (κ1) is 22.7. The maximum Gasteiger partial charge on any atom is 0.279 e. The Balaban J connectivity index is 1.05. The van der Waals surface area contributed by atoms with Crippen molar-refractivity contribution in [2.45, 2.75) is 50.2 Å². The number of hydrogen-bond acceptors (Lipinski definition) is 6. The number of para-hydroxylation sites is 1. The summed E-state index contributed by atoms with van der Waals surface area (Å²) >= 11 is 7.70. The summed E-state index contributed by atoms with van der Waals surface area (Å²) in [5.41, 5.74) is 2.02. The highest BCUT2D eigenvalue weighted by Crippen LogP contribution is 2.52. The molecule has 2 bridgehead atoms. The molecule has 3 aromatic rings. The highest BCUT2D eigenvalue weighted by Gasteiger charge is 2.57. The van der Waals surface area contributed by atoms with Crippen molar-refractivity contribution in [2.24, 2.45) is 11.8 Å². The summed E-state index contributed by atoms with van der Waals surface area (Å²) in [4.78, 5) is 4.50. The average Bonchev–Trinajstić information content (AvgIpc) is 3.45. The van der Waals surface area contributed by atoms with Crippen LogP contribution >= 0.6 is 22.9 Å². The summed E-state index contributed by atoms with van der Waals surface area (Å²) in [6.07, 6.45) is 6.57. The topological polar surface area (TPSA) is 71.5 Å². The fourth-order valence-electron chi connectivity index (χ4n) is 6.45. The molecule has 1 saturated carbocycles. The number of thiazole rings is 1. The van der Waals surface area contributed by atoms with E-state index in [0.29, 0.717) is 28.1 Å². The molecule has 0 spiro atoms. The molecule has 180 valence electrons. The van der Waals surface area contributed by atoms with E-state index >= 15 is 0 Å². The van der Waals surface area contributed by atoms with Crippen molar-refractivity contribution in [1.29, 1.82) is 0 Å². The highest BCUT2D eigenvalue weighted by molar-refractivity contribution is 7.88. The normalized spacial score (nSPS) is 28.6. The molecule has 3 aliphatic rings. The predicted octanol–water partition coefficient (Wildman–Crippen LogP) is 5.08. The van der Waals surface area contributed by atoms with Gasteiger partial charge in [-0.2, -0.15) is 4.31 Å². The van der Waals surface area contributed by atoms with Crippen molar-refractivity contribution < 1.29 is 13.2 Å². The molecule has 34 heavy (non-hydrogen) atoms. The van der Waals surface area contributed by atoms with Gasteiger partial charge in [0, 0.05) is 18.1 Å². The Kier molecular flexibility index (Phi) is 5.85. The lowest BCUT2D eigenvalue weighted by molar-refractivity contribution is 0.144. The number of aromatic nitrogens is 1. The molecular formula is C25H28ClN3O3S2. The minimum Gasteiger partial charge on any atom is -0.431 e. The van der Waals surface area contributed by atoms with Gasteiger partial charge in [0.2, 0.25) is 10.0 Å². The molecule has 5 atom stereocenters. The minimum atomic E-state index is -3.13. The molecule has 6 rings (SSSR count). The van der Waals surface area contributed by atoms with Gasteiger partial charge in [-0.25, -0.2) is 13.4 Å². The second-order valence-corrected chi connectivity index (χ2v) is 13.1. The van der Waals surface area contributed by atoms with E-state index in [-0.39, 0.29) is 12.1 Å². The molecule has 0 amide bonds. The van der Waals surface area contributed by atoms with E-state index < -0.39 is 10.0 Å². The van der Waals surface area contributed by atoms with Crippen molar-refractivity contribution in [3.63, 3.8) is 0 Å². The van der Waals surface area contributed by atoms with E-state index in [9.17, 15) is 8.42 Å². The Hall–Kier alpha value is -1.71. The fourth-order valence-corrected chi connectivity index (χ4v) is 9.07. The molecule has 3 fully saturated rings. The van der Waals surface area contributed by atoms with Crippen LogP contribution in [0.25, 0.3) is 10.2 Å². The summed E-state index contributed by atoms with van der Waals surface area (Å²) in [5.74, 6) is 1.75. The van der Waals surface area contributed by atoms with Crippen molar-refractivity contribution in [1.82, 2.24) is 14.6 Å². The Morgan fingerprint density at radius 3 is 2.76 bits per heavy atom. The van der Waals surface area contributed by atoms with Crippen LogP contribution in [0.2, 0.25) is 5.02 Å². The van der Waals surface area contributed by atoms with Gasteiger partial charge in [-0.1, -0.05) is 41.1 Å². The second kappa shape index (κ2) is 8.75. The van der Waals surface area contributed by atoms with Crippen molar-refractivity contribution in [3.05, 3.63) is 53.1 Å². The van der Waals surface area contributed by atoms with E-state index in [1.165, 1.54) is 29.6 Å². The standard InChI is InChI=1S/C25H28ClN3O3S2/c1-34(30,31)29-17-13-16-7-10-19(24(16)29)21(14-17)27-12-11-15-5-8-18(9-6-15)32-25-28-23-20(26)3-2-4-22(23)33-25/h2-6,8-9,16-17,19,21,24,27H,7,10-14H2,1H3/t16?,17-,19?,21-,24+/m1/s1. The first-order chi connectivity index (χ1) is 16.4. The third-order valence-corrected chi connectivity index (χ3v) is 10.3. The first-order valence-electron chi connectivity index (χ1n) is 11.9. The van der Waals surface area contributed by atoms with Gasteiger partial charge in [-0.3, -0.25) is 0 Å². The molecule has 0 radical (unpaired) electrons. The number of benzene rings is 2. The quantitative estimate of drug-likeness (QED) is 0.473. The molecule has 2 saturated heterocycles. The summed E-state index contributed by atoms with van der Waals surface area (Å²) in [5, 5.41) is 4.99. The Morgan fingerprint density at radius 2 is 2.00 bits per heavy atom. The van der Waals surface area contributed by atoms with Gasteiger partial charge in [0.1, 0.15) is 11.3 Å². The third kappa shape index (κ3) is 4.13. The number of nitrogens with zero attached hydrogens (tertiary/aromatic N) is 2. The minimum absolute atomic E-state index is 0.174. The summed E-state index contributed by atoms with van der Waals surface area (Å²) < 4.78 is 33.5. The molecular weight excluding hydrogens is 490 g/mol. The van der Waals surface area contributed by atoms with Crippen molar-refractivity contribution in [3.8, 4) is 10.9 Å². The molecule has 1 N–H and O–H groups in total. The summed E-state index contributed by atoms with van der Waals surface area (Å²) in [6.45, 7) is 0.890. The number of rotatable bonds is 7. The van der Waals surface area contributed by atoms with Gasteiger partial charge in [0.25, 0.3) is 5.19 Å².